The van der Waals surface area contributed by atoms with E-state index in [4.69, 9.17) is 4.74 Å². The fourth-order valence-electron chi connectivity index (χ4n) is 3.10. The molecular weight excluding hydrogens is 306 g/mol. The summed E-state index contributed by atoms with van der Waals surface area (Å²) in [6.07, 6.45) is 3.47. The Hall–Kier alpha value is -1.99. The Balaban J connectivity index is 1.72. The lowest BCUT2D eigenvalue weighted by Crippen LogP contribution is -2.46. The number of hydrogen-bond donors (Lipinski definition) is 1. The molecule has 2 aromatic rings. The Morgan fingerprint density at radius 1 is 1.38 bits per heavy atom. The van der Waals surface area contributed by atoms with Crippen molar-refractivity contribution in [2.75, 3.05) is 20.2 Å². The predicted molar refractivity (Wildman–Crippen MR) is 89.6 cm³/mol. The van der Waals surface area contributed by atoms with Gasteiger partial charge in [0.15, 0.2) is 0 Å². The van der Waals surface area contributed by atoms with Crippen molar-refractivity contribution in [1.82, 2.24) is 24.9 Å². The van der Waals surface area contributed by atoms with Gasteiger partial charge in [0.1, 0.15) is 11.3 Å². The van der Waals surface area contributed by atoms with Gasteiger partial charge in [0.2, 0.25) is 5.88 Å². The maximum absolute atomic E-state index is 11.1. The normalized spacial score (nSPS) is 22.0. The Morgan fingerprint density at radius 2 is 2.21 bits per heavy atom. The van der Waals surface area contributed by atoms with E-state index in [9.17, 15) is 5.11 Å². The Kier molecular flexibility index (Phi) is 4.82. The number of nitrogens with zero attached hydrogens (tertiary/aromatic N) is 5. The molecule has 0 aliphatic carbocycles. The van der Waals surface area contributed by atoms with Crippen molar-refractivity contribution < 1.29 is 9.84 Å². The van der Waals surface area contributed by atoms with Gasteiger partial charge in [-0.2, -0.15) is 0 Å². The molecule has 130 valence electrons. The topological polar surface area (TPSA) is 76.3 Å². The number of methoxy groups -OCH3 is 1. The predicted octanol–water partition coefficient (Wildman–Crippen LogP) is 1.75. The van der Waals surface area contributed by atoms with Crippen LogP contribution < -0.4 is 4.74 Å². The number of likely N-dealkylation sites (tertiary alicyclic amines) is 1. The summed E-state index contributed by atoms with van der Waals surface area (Å²) in [6, 6.07) is 5.98. The molecule has 1 atom stereocenters. The number of hydrogen-bond acceptors (Lipinski definition) is 6. The lowest BCUT2D eigenvalue weighted by molar-refractivity contribution is -0.0417. The molecule has 0 saturated carbocycles. The zero-order valence-corrected chi connectivity index (χ0v) is 14.5. The molecule has 3 heterocycles. The van der Waals surface area contributed by atoms with E-state index in [0.717, 1.165) is 18.7 Å². The highest BCUT2D eigenvalue weighted by Gasteiger charge is 2.37. The summed E-state index contributed by atoms with van der Waals surface area (Å²) in [5.41, 5.74) is 0.633. The van der Waals surface area contributed by atoms with E-state index in [2.05, 4.69) is 20.2 Å². The lowest BCUT2D eigenvalue weighted by atomic mass is 9.90. The third-order valence-electron chi connectivity index (χ3n) is 4.44. The molecule has 0 spiro atoms. The molecule has 1 N–H and O–H groups in total. The number of aromatic nitrogens is 4. The third-order valence-corrected chi connectivity index (χ3v) is 4.44. The number of piperidine rings is 1. The van der Waals surface area contributed by atoms with Crippen LogP contribution in [0, 0.1) is 0 Å². The van der Waals surface area contributed by atoms with Crippen LogP contribution in [0.25, 0.3) is 0 Å². The second-order valence-corrected chi connectivity index (χ2v) is 6.69. The van der Waals surface area contributed by atoms with Crippen molar-refractivity contribution in [3.63, 3.8) is 0 Å². The van der Waals surface area contributed by atoms with Gasteiger partial charge in [0.25, 0.3) is 0 Å². The quantitative estimate of drug-likeness (QED) is 0.899. The summed E-state index contributed by atoms with van der Waals surface area (Å²) in [7, 11) is 1.61. The minimum atomic E-state index is -0.954. The first-order valence-corrected chi connectivity index (χ1v) is 8.37. The van der Waals surface area contributed by atoms with Crippen molar-refractivity contribution in [2.24, 2.45) is 0 Å². The molecule has 0 amide bonds. The number of ether oxygens (including phenoxy) is 1. The lowest BCUT2D eigenvalue weighted by Gasteiger charge is -2.37. The molecule has 3 rings (SSSR count). The standard InChI is InChI=1S/C17H25N5O2/c1-13(2)22-11-15(19-20-22)17(23)8-5-9-21(12-17)10-14-6-4-7-16(18-14)24-3/h4,6-7,11,13,23H,5,8-10,12H2,1-3H3/t17-/m0/s1. The van der Waals surface area contributed by atoms with Crippen LogP contribution in [-0.2, 0) is 12.1 Å². The van der Waals surface area contributed by atoms with Crippen LogP contribution in [0.2, 0.25) is 0 Å². The van der Waals surface area contributed by atoms with Gasteiger partial charge in [-0.1, -0.05) is 11.3 Å². The van der Waals surface area contributed by atoms with Gasteiger partial charge < -0.3 is 9.84 Å². The Morgan fingerprint density at radius 3 is 2.92 bits per heavy atom. The first-order valence-electron chi connectivity index (χ1n) is 8.37. The smallest absolute Gasteiger partial charge is 0.213 e. The van der Waals surface area contributed by atoms with E-state index >= 15 is 0 Å². The Bertz CT molecular complexity index is 687. The highest BCUT2D eigenvalue weighted by Crippen LogP contribution is 2.31. The number of β-amino-alcohol motifs (C(OH)–C–C–N with tert-alkyl or cyclic N) is 1. The van der Waals surface area contributed by atoms with Crippen molar-refractivity contribution >= 4 is 0 Å². The van der Waals surface area contributed by atoms with Crippen molar-refractivity contribution in [1.29, 1.82) is 0 Å². The van der Waals surface area contributed by atoms with Crippen LogP contribution in [0.5, 0.6) is 5.88 Å². The highest BCUT2D eigenvalue weighted by molar-refractivity contribution is 5.16. The van der Waals surface area contributed by atoms with Crippen LogP contribution in [-0.4, -0.2) is 50.2 Å². The summed E-state index contributed by atoms with van der Waals surface area (Å²) < 4.78 is 6.97. The average molecular weight is 331 g/mol. The summed E-state index contributed by atoms with van der Waals surface area (Å²) in [4.78, 5) is 6.66. The molecule has 24 heavy (non-hydrogen) atoms. The largest absolute Gasteiger partial charge is 0.481 e. The SMILES string of the molecule is COc1cccc(CN2CCC[C@@](O)(c3cn(C(C)C)nn3)C2)n1. The Labute approximate surface area is 142 Å². The second-order valence-electron chi connectivity index (χ2n) is 6.69. The first kappa shape index (κ1) is 16.9. The maximum atomic E-state index is 11.1. The summed E-state index contributed by atoms with van der Waals surface area (Å²) >= 11 is 0. The van der Waals surface area contributed by atoms with Crippen LogP contribution in [0.4, 0.5) is 0 Å². The molecule has 0 aromatic carbocycles. The summed E-state index contributed by atoms with van der Waals surface area (Å²) in [6.45, 7) is 6.23. The van der Waals surface area contributed by atoms with Crippen LogP contribution >= 0.6 is 0 Å². The van der Waals surface area contributed by atoms with Gasteiger partial charge in [-0.15, -0.1) is 5.10 Å². The van der Waals surface area contributed by atoms with E-state index < -0.39 is 5.60 Å². The number of aliphatic hydroxyl groups is 1. The molecule has 0 bridgehead atoms. The van der Waals surface area contributed by atoms with Gasteiger partial charge in [0.05, 0.1) is 19.0 Å². The molecule has 2 aromatic heterocycles. The van der Waals surface area contributed by atoms with E-state index in [-0.39, 0.29) is 6.04 Å². The summed E-state index contributed by atoms with van der Waals surface area (Å²) in [5, 5.41) is 19.4. The van der Waals surface area contributed by atoms with Gasteiger partial charge in [-0.05, 0) is 39.3 Å². The van der Waals surface area contributed by atoms with Gasteiger partial charge in [0, 0.05) is 25.2 Å². The molecular formula is C17H25N5O2. The fraction of sp³-hybridized carbons (Fsp3) is 0.588. The number of rotatable bonds is 5. The van der Waals surface area contributed by atoms with Gasteiger partial charge >= 0.3 is 0 Å². The maximum Gasteiger partial charge on any atom is 0.213 e. The molecule has 0 radical (unpaired) electrons. The zero-order chi connectivity index (χ0) is 17.2. The van der Waals surface area contributed by atoms with Crippen LogP contribution in [0.15, 0.2) is 24.4 Å². The molecule has 1 fully saturated rings. The van der Waals surface area contributed by atoms with Crippen molar-refractivity contribution in [3.8, 4) is 5.88 Å². The average Bonchev–Trinajstić information content (AvgIpc) is 3.06. The van der Waals surface area contributed by atoms with Gasteiger partial charge in [-0.3, -0.25) is 4.90 Å². The highest BCUT2D eigenvalue weighted by atomic mass is 16.5. The molecule has 7 nitrogen and oxygen atoms in total. The van der Waals surface area contributed by atoms with E-state index in [0.29, 0.717) is 31.1 Å². The van der Waals surface area contributed by atoms with E-state index in [1.54, 1.807) is 11.8 Å². The van der Waals surface area contributed by atoms with Crippen LogP contribution in [0.3, 0.4) is 0 Å². The summed E-state index contributed by atoms with van der Waals surface area (Å²) in [5.74, 6) is 0.611. The molecule has 0 unspecified atom stereocenters. The first-order chi connectivity index (χ1) is 11.5. The minimum Gasteiger partial charge on any atom is -0.481 e. The van der Waals surface area contributed by atoms with Crippen molar-refractivity contribution in [2.45, 2.75) is 44.9 Å². The second kappa shape index (κ2) is 6.86. The molecule has 1 saturated heterocycles. The fourth-order valence-corrected chi connectivity index (χ4v) is 3.10. The van der Waals surface area contributed by atoms with E-state index in [1.807, 2.05) is 38.2 Å². The molecule has 7 heteroatoms. The van der Waals surface area contributed by atoms with E-state index in [1.165, 1.54) is 0 Å². The van der Waals surface area contributed by atoms with Gasteiger partial charge in [-0.25, -0.2) is 9.67 Å². The monoisotopic (exact) mass is 331 g/mol. The zero-order valence-electron chi connectivity index (χ0n) is 14.5. The molecule has 1 aliphatic heterocycles. The van der Waals surface area contributed by atoms with Crippen molar-refractivity contribution in [3.05, 3.63) is 35.8 Å². The van der Waals surface area contributed by atoms with Crippen LogP contribution in [0.1, 0.15) is 44.1 Å². The third kappa shape index (κ3) is 3.57. The molecule has 1 aliphatic rings. The number of pyridine rings is 1. The minimum absolute atomic E-state index is 0.232.